The Bertz CT molecular complexity index is 725. The highest BCUT2D eigenvalue weighted by Gasteiger charge is 2.28. The van der Waals surface area contributed by atoms with Crippen LogP contribution in [0.1, 0.15) is 47.7 Å². The SMILES string of the molecule is CCCN(C(=O)c1ccc(CN)cc1)C1CCCN(Cc2ccccc2)C1.Cl.Cl. The Morgan fingerprint density at radius 1 is 1.07 bits per heavy atom. The first-order valence-corrected chi connectivity index (χ1v) is 10.1. The molecule has 6 heteroatoms. The largest absolute Gasteiger partial charge is 0.334 e. The summed E-state index contributed by atoms with van der Waals surface area (Å²) in [5, 5.41) is 0. The van der Waals surface area contributed by atoms with E-state index in [0.29, 0.717) is 6.54 Å². The maximum atomic E-state index is 13.2. The van der Waals surface area contributed by atoms with Gasteiger partial charge in [0, 0.05) is 37.8 Å². The summed E-state index contributed by atoms with van der Waals surface area (Å²) < 4.78 is 0. The zero-order chi connectivity index (χ0) is 19.1. The van der Waals surface area contributed by atoms with E-state index in [9.17, 15) is 4.79 Å². The molecule has 160 valence electrons. The van der Waals surface area contributed by atoms with E-state index in [1.165, 1.54) is 5.56 Å². The number of halogens is 2. The molecule has 0 aromatic heterocycles. The van der Waals surface area contributed by atoms with Gasteiger partial charge in [0.15, 0.2) is 0 Å². The van der Waals surface area contributed by atoms with Crippen LogP contribution in [-0.2, 0) is 13.1 Å². The molecule has 1 fully saturated rings. The molecule has 1 aliphatic heterocycles. The standard InChI is InChI=1S/C23H31N3O.2ClH/c1-2-14-26(23(27)21-12-10-19(16-24)11-13-21)22-9-6-15-25(18-22)17-20-7-4-3-5-8-20;;/h3-5,7-8,10-13,22H,2,6,9,14-18,24H2,1H3;2*1H. The van der Waals surface area contributed by atoms with Crippen LogP contribution >= 0.6 is 24.8 Å². The van der Waals surface area contributed by atoms with Gasteiger partial charge in [0.1, 0.15) is 0 Å². The number of carbonyl (C=O) groups is 1. The molecule has 1 heterocycles. The van der Waals surface area contributed by atoms with Gasteiger partial charge in [-0.2, -0.15) is 0 Å². The Balaban J connectivity index is 0.00000210. The van der Waals surface area contributed by atoms with Gasteiger partial charge in [-0.3, -0.25) is 9.69 Å². The summed E-state index contributed by atoms with van der Waals surface area (Å²) in [6.07, 6.45) is 3.19. The summed E-state index contributed by atoms with van der Waals surface area (Å²) in [6, 6.07) is 18.6. The Morgan fingerprint density at radius 3 is 2.38 bits per heavy atom. The van der Waals surface area contributed by atoms with Crippen molar-refractivity contribution in [2.24, 2.45) is 5.73 Å². The minimum atomic E-state index is 0. The fourth-order valence-electron chi connectivity index (χ4n) is 3.91. The normalized spacial score (nSPS) is 16.4. The Labute approximate surface area is 187 Å². The van der Waals surface area contributed by atoms with E-state index in [1.54, 1.807) is 0 Å². The predicted molar refractivity (Wildman–Crippen MR) is 125 cm³/mol. The second kappa shape index (κ2) is 12.9. The van der Waals surface area contributed by atoms with Crippen molar-refractivity contribution in [1.29, 1.82) is 0 Å². The van der Waals surface area contributed by atoms with Gasteiger partial charge in [0.05, 0.1) is 0 Å². The third-order valence-corrected chi connectivity index (χ3v) is 5.33. The molecule has 0 bridgehead atoms. The van der Waals surface area contributed by atoms with Crippen molar-refractivity contribution in [2.75, 3.05) is 19.6 Å². The number of nitrogens with zero attached hydrogens (tertiary/aromatic N) is 2. The number of nitrogens with two attached hydrogens (primary N) is 1. The van der Waals surface area contributed by atoms with Crippen molar-refractivity contribution < 1.29 is 4.79 Å². The average Bonchev–Trinajstić information content (AvgIpc) is 2.72. The van der Waals surface area contributed by atoms with E-state index in [2.05, 4.69) is 47.1 Å². The maximum Gasteiger partial charge on any atom is 0.254 e. The Morgan fingerprint density at radius 2 is 1.76 bits per heavy atom. The highest BCUT2D eigenvalue weighted by Crippen LogP contribution is 2.21. The quantitative estimate of drug-likeness (QED) is 0.692. The summed E-state index contributed by atoms with van der Waals surface area (Å²) in [5.74, 6) is 0.145. The van der Waals surface area contributed by atoms with Crippen LogP contribution in [0.3, 0.4) is 0 Å². The van der Waals surface area contributed by atoms with Gasteiger partial charge < -0.3 is 10.6 Å². The van der Waals surface area contributed by atoms with Crippen molar-refractivity contribution in [3.63, 3.8) is 0 Å². The summed E-state index contributed by atoms with van der Waals surface area (Å²) in [4.78, 5) is 17.7. The Hall–Kier alpha value is -1.59. The van der Waals surface area contributed by atoms with Crippen LogP contribution in [0, 0.1) is 0 Å². The lowest BCUT2D eigenvalue weighted by Crippen LogP contribution is -2.50. The molecule has 3 rings (SSSR count). The molecule has 0 radical (unpaired) electrons. The lowest BCUT2D eigenvalue weighted by atomic mass is 10.0. The van der Waals surface area contributed by atoms with Gasteiger partial charge in [-0.05, 0) is 49.1 Å². The van der Waals surface area contributed by atoms with Crippen LogP contribution in [0.2, 0.25) is 0 Å². The predicted octanol–water partition coefficient (Wildman–Crippen LogP) is 4.51. The van der Waals surface area contributed by atoms with Gasteiger partial charge in [-0.1, -0.05) is 49.4 Å². The molecule has 4 nitrogen and oxygen atoms in total. The first-order valence-electron chi connectivity index (χ1n) is 10.1. The molecule has 0 saturated carbocycles. The minimum Gasteiger partial charge on any atom is -0.334 e. The molecule has 1 saturated heterocycles. The van der Waals surface area contributed by atoms with Crippen LogP contribution in [-0.4, -0.2) is 41.4 Å². The number of amides is 1. The van der Waals surface area contributed by atoms with Crippen molar-refractivity contribution in [3.8, 4) is 0 Å². The van der Waals surface area contributed by atoms with Crippen LogP contribution in [0.4, 0.5) is 0 Å². The molecular formula is C23H33Cl2N3O. The lowest BCUT2D eigenvalue weighted by Gasteiger charge is -2.39. The summed E-state index contributed by atoms with van der Waals surface area (Å²) >= 11 is 0. The molecule has 2 aromatic rings. The number of benzene rings is 2. The van der Waals surface area contributed by atoms with E-state index in [-0.39, 0.29) is 36.8 Å². The molecule has 2 aromatic carbocycles. The first kappa shape index (κ1) is 25.4. The second-order valence-corrected chi connectivity index (χ2v) is 7.42. The topological polar surface area (TPSA) is 49.6 Å². The summed E-state index contributed by atoms with van der Waals surface area (Å²) in [5.41, 5.74) is 8.84. The highest BCUT2D eigenvalue weighted by atomic mass is 35.5. The van der Waals surface area contributed by atoms with E-state index >= 15 is 0 Å². The minimum absolute atomic E-state index is 0. The maximum absolute atomic E-state index is 13.2. The van der Waals surface area contributed by atoms with Crippen molar-refractivity contribution in [1.82, 2.24) is 9.80 Å². The number of hydrogen-bond donors (Lipinski definition) is 1. The van der Waals surface area contributed by atoms with Gasteiger partial charge >= 0.3 is 0 Å². The van der Waals surface area contributed by atoms with E-state index < -0.39 is 0 Å². The monoisotopic (exact) mass is 437 g/mol. The van der Waals surface area contributed by atoms with Crippen LogP contribution in [0.15, 0.2) is 54.6 Å². The molecule has 2 N–H and O–H groups in total. The average molecular weight is 438 g/mol. The second-order valence-electron chi connectivity index (χ2n) is 7.42. The molecular weight excluding hydrogens is 405 g/mol. The molecule has 1 aliphatic rings. The van der Waals surface area contributed by atoms with Gasteiger partial charge in [0.2, 0.25) is 0 Å². The number of rotatable bonds is 7. The smallest absolute Gasteiger partial charge is 0.254 e. The Kier molecular flexibility index (Phi) is 11.3. The van der Waals surface area contributed by atoms with Gasteiger partial charge in [0.25, 0.3) is 5.91 Å². The fraction of sp³-hybridized carbons (Fsp3) is 0.435. The molecule has 1 atom stereocenters. The van der Waals surface area contributed by atoms with E-state index in [1.807, 2.05) is 24.3 Å². The van der Waals surface area contributed by atoms with Gasteiger partial charge in [-0.25, -0.2) is 0 Å². The zero-order valence-corrected chi connectivity index (χ0v) is 18.8. The number of carbonyl (C=O) groups excluding carboxylic acids is 1. The zero-order valence-electron chi connectivity index (χ0n) is 17.1. The van der Waals surface area contributed by atoms with E-state index in [4.69, 9.17) is 5.73 Å². The van der Waals surface area contributed by atoms with Crippen molar-refractivity contribution in [3.05, 3.63) is 71.3 Å². The molecule has 0 aliphatic carbocycles. The third-order valence-electron chi connectivity index (χ3n) is 5.33. The molecule has 1 amide bonds. The van der Waals surface area contributed by atoms with Crippen LogP contribution < -0.4 is 5.73 Å². The highest BCUT2D eigenvalue weighted by molar-refractivity contribution is 5.94. The molecule has 1 unspecified atom stereocenters. The summed E-state index contributed by atoms with van der Waals surface area (Å²) in [7, 11) is 0. The number of hydrogen-bond acceptors (Lipinski definition) is 3. The van der Waals surface area contributed by atoms with Crippen LogP contribution in [0.25, 0.3) is 0 Å². The van der Waals surface area contributed by atoms with E-state index in [0.717, 1.165) is 56.6 Å². The lowest BCUT2D eigenvalue weighted by molar-refractivity contribution is 0.0534. The number of likely N-dealkylation sites (tertiary alicyclic amines) is 1. The van der Waals surface area contributed by atoms with Gasteiger partial charge in [-0.15, -0.1) is 24.8 Å². The third kappa shape index (κ3) is 7.00. The van der Waals surface area contributed by atoms with Crippen molar-refractivity contribution >= 4 is 30.7 Å². The number of piperidine rings is 1. The van der Waals surface area contributed by atoms with Crippen LogP contribution in [0.5, 0.6) is 0 Å². The van der Waals surface area contributed by atoms with Crippen molar-refractivity contribution in [2.45, 2.75) is 45.3 Å². The first-order chi connectivity index (χ1) is 13.2. The fourth-order valence-corrected chi connectivity index (χ4v) is 3.91. The summed E-state index contributed by atoms with van der Waals surface area (Å²) in [6.45, 7) is 6.46. The molecule has 0 spiro atoms. The molecule has 29 heavy (non-hydrogen) atoms.